The highest BCUT2D eigenvalue weighted by Crippen LogP contribution is 2.29. The lowest BCUT2D eigenvalue weighted by Gasteiger charge is -2.21. The Labute approximate surface area is 167 Å². The lowest BCUT2D eigenvalue weighted by molar-refractivity contribution is -0.122. The van der Waals surface area contributed by atoms with Gasteiger partial charge < -0.3 is 10.2 Å². The maximum absolute atomic E-state index is 12.7. The van der Waals surface area contributed by atoms with Crippen LogP contribution in [0.25, 0.3) is 0 Å². The second-order valence-corrected chi connectivity index (χ2v) is 8.97. The maximum atomic E-state index is 12.7. The average molecular weight is 379 g/mol. The summed E-state index contributed by atoms with van der Waals surface area (Å²) in [6.45, 7) is 11.2. The van der Waals surface area contributed by atoms with Gasteiger partial charge in [-0.25, -0.2) is 0 Å². The first-order valence-electron chi connectivity index (χ1n) is 9.97. The van der Waals surface area contributed by atoms with Crippen LogP contribution in [0.4, 0.5) is 11.4 Å². The Morgan fingerprint density at radius 3 is 2.18 bits per heavy atom. The molecule has 2 aromatic carbocycles. The van der Waals surface area contributed by atoms with Crippen molar-refractivity contribution in [2.24, 2.45) is 5.92 Å². The van der Waals surface area contributed by atoms with E-state index >= 15 is 0 Å². The number of carbonyl (C=O) groups is 2. The molecule has 1 aliphatic rings. The van der Waals surface area contributed by atoms with E-state index in [9.17, 15) is 9.59 Å². The molecule has 0 spiro atoms. The number of amides is 2. The third-order valence-electron chi connectivity index (χ3n) is 5.39. The van der Waals surface area contributed by atoms with Crippen molar-refractivity contribution in [1.29, 1.82) is 0 Å². The number of nitrogens with zero attached hydrogens (tertiary/aromatic N) is 1. The minimum absolute atomic E-state index is 0.00110. The molecule has 4 nitrogen and oxygen atoms in total. The molecule has 1 unspecified atom stereocenters. The van der Waals surface area contributed by atoms with E-state index < -0.39 is 0 Å². The van der Waals surface area contributed by atoms with Crippen LogP contribution in [-0.4, -0.2) is 18.4 Å². The molecule has 3 rings (SSSR count). The van der Waals surface area contributed by atoms with Crippen molar-refractivity contribution in [3.8, 4) is 0 Å². The number of hydrogen-bond acceptors (Lipinski definition) is 2. The highest BCUT2D eigenvalue weighted by molar-refractivity contribution is 6.03. The molecule has 0 aliphatic carbocycles. The first-order valence-corrected chi connectivity index (χ1v) is 9.97. The summed E-state index contributed by atoms with van der Waals surface area (Å²) in [6, 6.07) is 16.0. The summed E-state index contributed by atoms with van der Waals surface area (Å²) in [5.74, 6) is 0.0216. The van der Waals surface area contributed by atoms with Gasteiger partial charge in [-0.2, -0.15) is 0 Å². The molecule has 4 heteroatoms. The van der Waals surface area contributed by atoms with Gasteiger partial charge in [-0.05, 0) is 46.7 Å². The first kappa shape index (κ1) is 20.1. The van der Waals surface area contributed by atoms with E-state index in [0.717, 1.165) is 11.4 Å². The fourth-order valence-corrected chi connectivity index (χ4v) is 3.47. The molecule has 0 aromatic heterocycles. The van der Waals surface area contributed by atoms with Crippen LogP contribution in [0, 0.1) is 5.92 Å². The number of anilines is 2. The van der Waals surface area contributed by atoms with Crippen LogP contribution in [0.5, 0.6) is 0 Å². The van der Waals surface area contributed by atoms with Gasteiger partial charge in [0.05, 0.1) is 5.92 Å². The number of hydrogen-bond donors (Lipinski definition) is 1. The lowest BCUT2D eigenvalue weighted by atomic mass is 9.87. The number of nitrogens with one attached hydrogen (secondary N) is 1. The number of carbonyl (C=O) groups excluding carboxylic acids is 2. The summed E-state index contributed by atoms with van der Waals surface area (Å²) in [7, 11) is 0. The van der Waals surface area contributed by atoms with Crippen molar-refractivity contribution in [3.63, 3.8) is 0 Å². The minimum atomic E-state index is -0.334. The van der Waals surface area contributed by atoms with E-state index in [1.807, 2.05) is 36.4 Å². The van der Waals surface area contributed by atoms with Crippen molar-refractivity contribution in [1.82, 2.24) is 0 Å². The fourth-order valence-electron chi connectivity index (χ4n) is 3.47. The van der Waals surface area contributed by atoms with Crippen LogP contribution in [0.3, 0.4) is 0 Å². The van der Waals surface area contributed by atoms with E-state index in [-0.39, 0.29) is 29.6 Å². The van der Waals surface area contributed by atoms with Crippen molar-refractivity contribution in [2.75, 3.05) is 16.8 Å². The van der Waals surface area contributed by atoms with Crippen molar-refractivity contribution in [2.45, 2.75) is 52.4 Å². The van der Waals surface area contributed by atoms with Crippen LogP contribution in [0.15, 0.2) is 48.5 Å². The molecular formula is C24H30N2O2. The third kappa shape index (κ3) is 4.44. The largest absolute Gasteiger partial charge is 0.326 e. The molecule has 0 saturated carbocycles. The Morgan fingerprint density at radius 1 is 1.04 bits per heavy atom. The summed E-state index contributed by atoms with van der Waals surface area (Å²) >= 11 is 0. The first-order chi connectivity index (χ1) is 13.1. The van der Waals surface area contributed by atoms with Gasteiger partial charge >= 0.3 is 0 Å². The van der Waals surface area contributed by atoms with Gasteiger partial charge in [-0.15, -0.1) is 0 Å². The fraction of sp³-hybridized carbons (Fsp3) is 0.417. The molecule has 1 saturated heterocycles. The molecule has 0 bridgehead atoms. The van der Waals surface area contributed by atoms with E-state index in [2.05, 4.69) is 52.1 Å². The van der Waals surface area contributed by atoms with E-state index in [4.69, 9.17) is 0 Å². The monoisotopic (exact) mass is 378 g/mol. The number of benzene rings is 2. The molecule has 2 aromatic rings. The Morgan fingerprint density at radius 2 is 1.64 bits per heavy atom. The topological polar surface area (TPSA) is 49.4 Å². The quantitative estimate of drug-likeness (QED) is 0.805. The Bertz CT molecular complexity index is 846. The Kier molecular flexibility index (Phi) is 5.59. The summed E-state index contributed by atoms with van der Waals surface area (Å²) in [6.07, 6.45) is 0.247. The molecule has 1 fully saturated rings. The van der Waals surface area contributed by atoms with Crippen molar-refractivity contribution < 1.29 is 9.59 Å². The SMILES string of the molecule is CC(C)c1ccc(NC(=O)C2CC(=O)N(c3ccc(C(C)(C)C)cc3)C2)cc1. The van der Waals surface area contributed by atoms with Crippen LogP contribution in [-0.2, 0) is 15.0 Å². The summed E-state index contributed by atoms with van der Waals surface area (Å²) in [5.41, 5.74) is 4.16. The summed E-state index contributed by atoms with van der Waals surface area (Å²) < 4.78 is 0. The van der Waals surface area contributed by atoms with Crippen LogP contribution in [0.2, 0.25) is 0 Å². The van der Waals surface area contributed by atoms with Gasteiger partial charge in [0.1, 0.15) is 0 Å². The third-order valence-corrected chi connectivity index (χ3v) is 5.39. The molecular weight excluding hydrogens is 348 g/mol. The second-order valence-electron chi connectivity index (χ2n) is 8.97. The van der Waals surface area contributed by atoms with Gasteiger partial charge in [0.2, 0.25) is 11.8 Å². The van der Waals surface area contributed by atoms with Gasteiger partial charge in [0.25, 0.3) is 0 Å². The average Bonchev–Trinajstić information content (AvgIpc) is 3.03. The van der Waals surface area contributed by atoms with Gasteiger partial charge in [0.15, 0.2) is 0 Å². The van der Waals surface area contributed by atoms with Crippen LogP contribution in [0.1, 0.15) is 58.1 Å². The normalized spacial score (nSPS) is 17.3. The molecule has 148 valence electrons. The van der Waals surface area contributed by atoms with Gasteiger partial charge in [-0.1, -0.05) is 58.9 Å². The summed E-state index contributed by atoms with van der Waals surface area (Å²) in [4.78, 5) is 26.9. The van der Waals surface area contributed by atoms with Crippen molar-refractivity contribution in [3.05, 3.63) is 59.7 Å². The predicted octanol–water partition coefficient (Wildman–Crippen LogP) is 5.10. The molecule has 1 heterocycles. The van der Waals surface area contributed by atoms with E-state index in [1.165, 1.54) is 11.1 Å². The molecule has 28 heavy (non-hydrogen) atoms. The zero-order valence-corrected chi connectivity index (χ0v) is 17.5. The zero-order chi connectivity index (χ0) is 20.5. The minimum Gasteiger partial charge on any atom is -0.326 e. The zero-order valence-electron chi connectivity index (χ0n) is 17.5. The van der Waals surface area contributed by atoms with Crippen LogP contribution < -0.4 is 10.2 Å². The smallest absolute Gasteiger partial charge is 0.229 e. The predicted molar refractivity (Wildman–Crippen MR) is 115 cm³/mol. The highest BCUT2D eigenvalue weighted by Gasteiger charge is 2.35. The molecule has 0 radical (unpaired) electrons. The lowest BCUT2D eigenvalue weighted by Crippen LogP contribution is -2.28. The molecule has 2 amide bonds. The Hall–Kier alpha value is -2.62. The van der Waals surface area contributed by atoms with Gasteiger partial charge in [0, 0.05) is 24.3 Å². The highest BCUT2D eigenvalue weighted by atomic mass is 16.2. The van der Waals surface area contributed by atoms with E-state index in [1.54, 1.807) is 4.90 Å². The van der Waals surface area contributed by atoms with Crippen molar-refractivity contribution >= 4 is 23.2 Å². The maximum Gasteiger partial charge on any atom is 0.229 e. The number of rotatable bonds is 4. The summed E-state index contributed by atoms with van der Waals surface area (Å²) in [5, 5.41) is 2.95. The molecule has 1 aliphatic heterocycles. The van der Waals surface area contributed by atoms with Gasteiger partial charge in [-0.3, -0.25) is 9.59 Å². The Balaban J connectivity index is 1.65. The standard InChI is InChI=1S/C24H30N2O2/c1-16(2)17-6-10-20(11-7-17)25-23(28)18-14-22(27)26(15-18)21-12-8-19(9-13-21)24(3,4)5/h6-13,16,18H,14-15H2,1-5H3,(H,25,28). The molecule has 1 N–H and O–H groups in total. The van der Waals surface area contributed by atoms with E-state index in [0.29, 0.717) is 12.5 Å². The molecule has 1 atom stereocenters. The second kappa shape index (κ2) is 7.78. The van der Waals surface area contributed by atoms with Crippen LogP contribution >= 0.6 is 0 Å².